The normalized spacial score (nSPS) is 23.1. The second kappa shape index (κ2) is 6.06. The van der Waals surface area contributed by atoms with E-state index in [-0.39, 0.29) is 5.56 Å². The van der Waals surface area contributed by atoms with Gasteiger partial charge in [-0.1, -0.05) is 19.9 Å². The van der Waals surface area contributed by atoms with Crippen LogP contribution in [0, 0.1) is 29.0 Å². The van der Waals surface area contributed by atoms with E-state index in [9.17, 15) is 4.39 Å². The van der Waals surface area contributed by atoms with Gasteiger partial charge in [-0.15, -0.1) is 0 Å². The number of nitrogens with zero attached hydrogens (tertiary/aromatic N) is 1. The van der Waals surface area contributed by atoms with E-state index >= 15 is 0 Å². The van der Waals surface area contributed by atoms with Crippen molar-refractivity contribution >= 4 is 5.69 Å². The lowest BCUT2D eigenvalue weighted by molar-refractivity contribution is 0.267. The molecular weight excluding hydrogens is 239 g/mol. The quantitative estimate of drug-likeness (QED) is 0.878. The summed E-state index contributed by atoms with van der Waals surface area (Å²) in [5, 5.41) is 12.4. The summed E-state index contributed by atoms with van der Waals surface area (Å²) in [5.74, 6) is 1.11. The van der Waals surface area contributed by atoms with Gasteiger partial charge in [-0.25, -0.2) is 4.39 Å². The average Bonchev–Trinajstić information content (AvgIpc) is 2.39. The Balaban J connectivity index is 2.00. The number of halogens is 1. The highest BCUT2D eigenvalue weighted by Crippen LogP contribution is 2.32. The number of anilines is 1. The van der Waals surface area contributed by atoms with Crippen LogP contribution in [-0.4, -0.2) is 6.04 Å². The molecule has 2 rings (SSSR count). The number of hydrogen-bond donors (Lipinski definition) is 1. The third-order valence-electron chi connectivity index (χ3n) is 4.20. The van der Waals surface area contributed by atoms with E-state index in [2.05, 4.69) is 19.2 Å². The molecule has 0 saturated heterocycles. The summed E-state index contributed by atoms with van der Waals surface area (Å²) in [6.07, 6.45) is 4.63. The molecule has 1 aliphatic carbocycles. The van der Waals surface area contributed by atoms with Gasteiger partial charge in [-0.2, -0.15) is 5.26 Å². The molecule has 0 radical (unpaired) electrons. The van der Waals surface area contributed by atoms with Crippen molar-refractivity contribution in [1.82, 2.24) is 0 Å². The molecular formula is C16H21FN2. The summed E-state index contributed by atoms with van der Waals surface area (Å²) in [5.41, 5.74) is 0.768. The lowest BCUT2D eigenvalue weighted by atomic mass is 9.79. The lowest BCUT2D eigenvalue weighted by Gasteiger charge is -2.32. The molecule has 0 atom stereocenters. The predicted octanol–water partition coefficient (Wildman–Crippen LogP) is 4.32. The fourth-order valence-corrected chi connectivity index (χ4v) is 2.91. The van der Waals surface area contributed by atoms with Gasteiger partial charge in [-0.05, 0) is 49.7 Å². The third kappa shape index (κ3) is 3.26. The summed E-state index contributed by atoms with van der Waals surface area (Å²) in [6.45, 7) is 4.55. The molecule has 0 aromatic heterocycles. The number of benzene rings is 1. The summed E-state index contributed by atoms with van der Waals surface area (Å²) in [4.78, 5) is 0. The first kappa shape index (κ1) is 13.9. The second-order valence-electron chi connectivity index (χ2n) is 5.77. The van der Waals surface area contributed by atoms with Gasteiger partial charge in [0.15, 0.2) is 0 Å². The minimum atomic E-state index is -0.441. The second-order valence-corrected chi connectivity index (χ2v) is 5.77. The van der Waals surface area contributed by atoms with Crippen molar-refractivity contribution in [1.29, 1.82) is 5.26 Å². The van der Waals surface area contributed by atoms with E-state index < -0.39 is 5.82 Å². The molecule has 1 N–H and O–H groups in total. The Morgan fingerprint density at radius 1 is 1.26 bits per heavy atom. The molecule has 0 spiro atoms. The minimum absolute atomic E-state index is 0.133. The highest BCUT2D eigenvalue weighted by atomic mass is 19.1. The lowest BCUT2D eigenvalue weighted by Crippen LogP contribution is -2.28. The molecule has 0 aliphatic heterocycles. The highest BCUT2D eigenvalue weighted by Gasteiger charge is 2.23. The van der Waals surface area contributed by atoms with E-state index in [1.165, 1.54) is 18.9 Å². The minimum Gasteiger partial charge on any atom is -0.381 e. The van der Waals surface area contributed by atoms with Crippen molar-refractivity contribution in [2.75, 3.05) is 5.32 Å². The molecule has 102 valence electrons. The molecule has 3 heteroatoms. The predicted molar refractivity (Wildman–Crippen MR) is 75.3 cm³/mol. The molecule has 1 fully saturated rings. The number of nitriles is 1. The fourth-order valence-electron chi connectivity index (χ4n) is 2.91. The molecule has 1 aromatic carbocycles. The maximum absolute atomic E-state index is 13.5. The zero-order chi connectivity index (χ0) is 13.8. The van der Waals surface area contributed by atoms with Crippen molar-refractivity contribution < 1.29 is 4.39 Å². The van der Waals surface area contributed by atoms with Gasteiger partial charge in [0.1, 0.15) is 17.4 Å². The maximum Gasteiger partial charge on any atom is 0.143 e. The van der Waals surface area contributed by atoms with Crippen molar-refractivity contribution in [2.45, 2.75) is 45.6 Å². The van der Waals surface area contributed by atoms with Crippen LogP contribution >= 0.6 is 0 Å². The monoisotopic (exact) mass is 260 g/mol. The number of hydrogen-bond acceptors (Lipinski definition) is 2. The van der Waals surface area contributed by atoms with Crippen molar-refractivity contribution in [2.24, 2.45) is 11.8 Å². The van der Waals surface area contributed by atoms with E-state index in [4.69, 9.17) is 5.26 Å². The topological polar surface area (TPSA) is 35.8 Å². The first-order valence-corrected chi connectivity index (χ1v) is 7.07. The van der Waals surface area contributed by atoms with Crippen molar-refractivity contribution in [3.05, 3.63) is 29.6 Å². The molecule has 1 saturated carbocycles. The standard InChI is InChI=1S/C16H21FN2/c1-11(2)12-6-8-13(9-7-12)19-16-5-3-4-15(17)14(16)10-18/h3-5,11-13,19H,6-9H2,1-2H3. The third-order valence-corrected chi connectivity index (χ3v) is 4.20. The van der Waals surface area contributed by atoms with Crippen LogP contribution in [0.4, 0.5) is 10.1 Å². The fraction of sp³-hybridized carbons (Fsp3) is 0.562. The van der Waals surface area contributed by atoms with Gasteiger partial charge in [0, 0.05) is 6.04 Å². The molecule has 19 heavy (non-hydrogen) atoms. The Hall–Kier alpha value is -1.56. The zero-order valence-electron chi connectivity index (χ0n) is 11.6. The molecule has 0 amide bonds. The Morgan fingerprint density at radius 3 is 2.53 bits per heavy atom. The zero-order valence-corrected chi connectivity index (χ0v) is 11.6. The summed E-state index contributed by atoms with van der Waals surface area (Å²) >= 11 is 0. The molecule has 0 heterocycles. The Bertz CT molecular complexity index is 468. The van der Waals surface area contributed by atoms with Crippen LogP contribution in [0.2, 0.25) is 0 Å². The van der Waals surface area contributed by atoms with Crippen LogP contribution in [0.1, 0.15) is 45.1 Å². The van der Waals surface area contributed by atoms with Crippen LogP contribution < -0.4 is 5.32 Å². The molecule has 1 aliphatic rings. The first-order valence-electron chi connectivity index (χ1n) is 7.07. The highest BCUT2D eigenvalue weighted by molar-refractivity contribution is 5.58. The van der Waals surface area contributed by atoms with Gasteiger partial charge in [0.05, 0.1) is 5.69 Å². The molecule has 0 unspecified atom stereocenters. The largest absolute Gasteiger partial charge is 0.381 e. The van der Waals surface area contributed by atoms with E-state index in [1.807, 2.05) is 6.07 Å². The summed E-state index contributed by atoms with van der Waals surface area (Å²) in [7, 11) is 0. The van der Waals surface area contributed by atoms with Crippen LogP contribution in [-0.2, 0) is 0 Å². The van der Waals surface area contributed by atoms with E-state index in [0.717, 1.165) is 24.7 Å². The molecule has 0 bridgehead atoms. The van der Waals surface area contributed by atoms with Crippen LogP contribution in [0.5, 0.6) is 0 Å². The SMILES string of the molecule is CC(C)C1CCC(Nc2cccc(F)c2C#N)CC1. The average molecular weight is 260 g/mol. The summed E-state index contributed by atoms with van der Waals surface area (Å²) in [6, 6.07) is 7.08. The Kier molecular flexibility index (Phi) is 4.42. The van der Waals surface area contributed by atoms with Gasteiger partial charge < -0.3 is 5.32 Å². The van der Waals surface area contributed by atoms with E-state index in [1.54, 1.807) is 12.1 Å². The van der Waals surface area contributed by atoms with Crippen molar-refractivity contribution in [3.8, 4) is 6.07 Å². The van der Waals surface area contributed by atoms with Crippen LogP contribution in [0.15, 0.2) is 18.2 Å². The van der Waals surface area contributed by atoms with Gasteiger partial charge in [0.2, 0.25) is 0 Å². The van der Waals surface area contributed by atoms with Gasteiger partial charge in [0.25, 0.3) is 0 Å². The van der Waals surface area contributed by atoms with Crippen LogP contribution in [0.25, 0.3) is 0 Å². The number of nitrogens with one attached hydrogen (secondary N) is 1. The molecule has 2 nitrogen and oxygen atoms in total. The Morgan fingerprint density at radius 2 is 1.95 bits per heavy atom. The summed E-state index contributed by atoms with van der Waals surface area (Å²) < 4.78 is 13.5. The van der Waals surface area contributed by atoms with Crippen molar-refractivity contribution in [3.63, 3.8) is 0 Å². The van der Waals surface area contributed by atoms with Gasteiger partial charge >= 0.3 is 0 Å². The van der Waals surface area contributed by atoms with Crippen LogP contribution in [0.3, 0.4) is 0 Å². The Labute approximate surface area is 114 Å². The molecule has 1 aromatic rings. The first-order chi connectivity index (χ1) is 9.11. The number of rotatable bonds is 3. The van der Waals surface area contributed by atoms with E-state index in [0.29, 0.717) is 11.7 Å². The maximum atomic E-state index is 13.5. The smallest absolute Gasteiger partial charge is 0.143 e. The van der Waals surface area contributed by atoms with Gasteiger partial charge in [-0.3, -0.25) is 0 Å².